The van der Waals surface area contributed by atoms with Gasteiger partial charge in [-0.3, -0.25) is 9.48 Å². The number of aryl methyl sites for hydroxylation is 1. The van der Waals surface area contributed by atoms with Crippen molar-refractivity contribution in [1.82, 2.24) is 14.8 Å². The number of anilines is 1. The lowest BCUT2D eigenvalue weighted by Gasteiger charge is -2.29. The number of aromatic nitrogens is 3. The summed E-state index contributed by atoms with van der Waals surface area (Å²) in [7, 11) is 1.86. The van der Waals surface area contributed by atoms with Gasteiger partial charge in [0.05, 0.1) is 11.8 Å². The summed E-state index contributed by atoms with van der Waals surface area (Å²) in [6.07, 6.45) is 8.51. The molecular formula is C22H24N4O3. The normalized spacial score (nSPS) is 18.9. The molecule has 3 aromatic rings. The topological polar surface area (TPSA) is 89.0 Å². The molecule has 4 rings (SSSR count). The molecule has 0 amide bonds. The SMILES string of the molecule is Cn1cc(-c2c[nH]c(=O)c(N[C@H]3CC[C@@H](OC(=O)c4ccccc4)CC3)c2)cn1. The Balaban J connectivity index is 1.35. The van der Waals surface area contributed by atoms with Crippen molar-refractivity contribution >= 4 is 11.7 Å². The number of rotatable bonds is 5. The second kappa shape index (κ2) is 8.34. The van der Waals surface area contributed by atoms with E-state index in [0.29, 0.717) is 11.3 Å². The van der Waals surface area contributed by atoms with Gasteiger partial charge in [-0.2, -0.15) is 5.10 Å². The maximum absolute atomic E-state index is 12.2. The Labute approximate surface area is 168 Å². The Hall–Kier alpha value is -3.35. The van der Waals surface area contributed by atoms with Gasteiger partial charge in [-0.1, -0.05) is 18.2 Å². The standard InChI is InChI=1S/C22H24N4O3/c1-26-14-17(13-24-26)16-11-20(21(27)23-12-16)25-18-7-9-19(10-8-18)29-22(28)15-5-3-2-4-6-15/h2-6,11-14,18-19,25H,7-10H2,1H3,(H,23,27)/t18-,19+. The minimum absolute atomic E-state index is 0.0826. The van der Waals surface area contributed by atoms with Gasteiger partial charge in [0.2, 0.25) is 0 Å². The molecule has 0 saturated heterocycles. The van der Waals surface area contributed by atoms with Crippen molar-refractivity contribution in [2.24, 2.45) is 7.05 Å². The molecular weight excluding hydrogens is 368 g/mol. The molecule has 2 aromatic heterocycles. The van der Waals surface area contributed by atoms with Crippen LogP contribution < -0.4 is 10.9 Å². The summed E-state index contributed by atoms with van der Waals surface area (Å²) < 4.78 is 7.36. The number of carbonyl (C=O) groups is 1. The maximum Gasteiger partial charge on any atom is 0.338 e. The van der Waals surface area contributed by atoms with Crippen LogP contribution in [0.15, 0.2) is 59.8 Å². The first kappa shape index (κ1) is 19.0. The van der Waals surface area contributed by atoms with Crippen molar-refractivity contribution in [1.29, 1.82) is 0 Å². The third-order valence-corrected chi connectivity index (χ3v) is 5.26. The van der Waals surface area contributed by atoms with Gasteiger partial charge in [0, 0.05) is 36.6 Å². The third-order valence-electron chi connectivity index (χ3n) is 5.26. The van der Waals surface area contributed by atoms with E-state index in [0.717, 1.165) is 36.8 Å². The van der Waals surface area contributed by atoms with Crippen LogP contribution in [0.2, 0.25) is 0 Å². The number of ether oxygens (including phenoxy) is 1. The van der Waals surface area contributed by atoms with Gasteiger partial charge in [0.1, 0.15) is 11.8 Å². The average molecular weight is 392 g/mol. The van der Waals surface area contributed by atoms with Gasteiger partial charge in [0.25, 0.3) is 5.56 Å². The predicted octanol–water partition coefficient (Wildman–Crippen LogP) is 3.36. The molecule has 0 unspecified atom stereocenters. The lowest BCUT2D eigenvalue weighted by Crippen LogP contribution is -2.32. The van der Waals surface area contributed by atoms with Gasteiger partial charge >= 0.3 is 5.97 Å². The van der Waals surface area contributed by atoms with Gasteiger partial charge in [-0.05, 0) is 43.9 Å². The molecule has 7 nitrogen and oxygen atoms in total. The second-order valence-electron chi connectivity index (χ2n) is 7.42. The summed E-state index contributed by atoms with van der Waals surface area (Å²) in [5.41, 5.74) is 2.84. The van der Waals surface area contributed by atoms with E-state index in [1.807, 2.05) is 37.5 Å². The molecule has 0 atom stereocenters. The minimum Gasteiger partial charge on any atom is -0.459 e. The summed E-state index contributed by atoms with van der Waals surface area (Å²) in [4.78, 5) is 27.2. The third kappa shape index (κ3) is 4.56. The first-order valence-corrected chi connectivity index (χ1v) is 9.83. The molecule has 2 N–H and O–H groups in total. The van der Waals surface area contributed by atoms with Crippen LogP contribution in [0.3, 0.4) is 0 Å². The summed E-state index contributed by atoms with van der Waals surface area (Å²) >= 11 is 0. The van der Waals surface area contributed by atoms with E-state index in [1.165, 1.54) is 0 Å². The van der Waals surface area contributed by atoms with Crippen LogP contribution in [-0.2, 0) is 11.8 Å². The highest BCUT2D eigenvalue weighted by Gasteiger charge is 2.25. The number of nitrogens with one attached hydrogen (secondary N) is 2. The summed E-state index contributed by atoms with van der Waals surface area (Å²) in [5, 5.41) is 7.54. The zero-order valence-corrected chi connectivity index (χ0v) is 16.3. The summed E-state index contributed by atoms with van der Waals surface area (Å²) in [6.45, 7) is 0. The van der Waals surface area contributed by atoms with Crippen LogP contribution in [-0.4, -0.2) is 32.9 Å². The van der Waals surface area contributed by atoms with Gasteiger partial charge in [-0.15, -0.1) is 0 Å². The molecule has 0 spiro atoms. The fourth-order valence-electron chi connectivity index (χ4n) is 3.67. The largest absolute Gasteiger partial charge is 0.459 e. The molecule has 1 saturated carbocycles. The van der Waals surface area contributed by atoms with E-state index in [1.54, 1.807) is 29.2 Å². The number of esters is 1. The van der Waals surface area contributed by atoms with Crippen molar-refractivity contribution < 1.29 is 9.53 Å². The number of benzene rings is 1. The molecule has 1 fully saturated rings. The van der Waals surface area contributed by atoms with E-state index in [4.69, 9.17) is 4.74 Å². The zero-order chi connectivity index (χ0) is 20.2. The number of carbonyl (C=O) groups excluding carboxylic acids is 1. The molecule has 0 aliphatic heterocycles. The lowest BCUT2D eigenvalue weighted by atomic mass is 9.92. The Morgan fingerprint density at radius 1 is 1.17 bits per heavy atom. The number of hydrogen-bond donors (Lipinski definition) is 2. The quantitative estimate of drug-likeness (QED) is 0.650. The van der Waals surface area contributed by atoms with Gasteiger partial charge in [0.15, 0.2) is 0 Å². The van der Waals surface area contributed by atoms with E-state index >= 15 is 0 Å². The molecule has 150 valence electrons. The van der Waals surface area contributed by atoms with Crippen molar-refractivity contribution in [2.75, 3.05) is 5.32 Å². The molecule has 7 heteroatoms. The predicted molar refractivity (Wildman–Crippen MR) is 111 cm³/mol. The molecule has 1 aliphatic rings. The minimum atomic E-state index is -0.275. The smallest absolute Gasteiger partial charge is 0.338 e. The summed E-state index contributed by atoms with van der Waals surface area (Å²) in [5.74, 6) is -0.275. The first-order valence-electron chi connectivity index (χ1n) is 9.83. The molecule has 1 aliphatic carbocycles. The lowest BCUT2D eigenvalue weighted by molar-refractivity contribution is 0.0202. The Morgan fingerprint density at radius 3 is 2.62 bits per heavy atom. The average Bonchev–Trinajstić information content (AvgIpc) is 3.18. The van der Waals surface area contributed by atoms with E-state index < -0.39 is 0 Å². The fraction of sp³-hybridized carbons (Fsp3) is 0.318. The number of nitrogens with zero attached hydrogens (tertiary/aromatic N) is 2. The van der Waals surface area contributed by atoms with Crippen LogP contribution in [0.25, 0.3) is 11.1 Å². The van der Waals surface area contributed by atoms with Gasteiger partial charge in [-0.25, -0.2) is 4.79 Å². The highest BCUT2D eigenvalue weighted by Crippen LogP contribution is 2.25. The molecule has 0 bridgehead atoms. The Morgan fingerprint density at radius 2 is 1.93 bits per heavy atom. The number of hydrogen-bond acceptors (Lipinski definition) is 5. The van der Waals surface area contributed by atoms with E-state index in [9.17, 15) is 9.59 Å². The number of H-pyrrole nitrogens is 1. The monoisotopic (exact) mass is 392 g/mol. The molecule has 29 heavy (non-hydrogen) atoms. The Bertz CT molecular complexity index is 1030. The second-order valence-corrected chi connectivity index (χ2v) is 7.42. The highest BCUT2D eigenvalue weighted by atomic mass is 16.5. The van der Waals surface area contributed by atoms with Crippen molar-refractivity contribution in [3.8, 4) is 11.1 Å². The fourth-order valence-corrected chi connectivity index (χ4v) is 3.67. The van der Waals surface area contributed by atoms with Crippen LogP contribution >= 0.6 is 0 Å². The van der Waals surface area contributed by atoms with Crippen molar-refractivity contribution in [2.45, 2.75) is 37.8 Å². The maximum atomic E-state index is 12.2. The van der Waals surface area contributed by atoms with Crippen molar-refractivity contribution in [3.63, 3.8) is 0 Å². The van der Waals surface area contributed by atoms with Crippen molar-refractivity contribution in [3.05, 3.63) is 70.9 Å². The van der Waals surface area contributed by atoms with E-state index in [-0.39, 0.29) is 23.7 Å². The zero-order valence-electron chi connectivity index (χ0n) is 16.3. The van der Waals surface area contributed by atoms with Crippen LogP contribution in [0.1, 0.15) is 36.0 Å². The Kier molecular flexibility index (Phi) is 5.46. The van der Waals surface area contributed by atoms with E-state index in [2.05, 4.69) is 15.4 Å². The van der Waals surface area contributed by atoms with Crippen LogP contribution in [0.4, 0.5) is 5.69 Å². The first-order chi connectivity index (χ1) is 14.1. The number of pyridine rings is 1. The molecule has 2 heterocycles. The van der Waals surface area contributed by atoms with Crippen LogP contribution in [0.5, 0.6) is 0 Å². The molecule has 1 aromatic carbocycles. The van der Waals surface area contributed by atoms with Crippen LogP contribution in [0, 0.1) is 0 Å². The summed E-state index contributed by atoms with van der Waals surface area (Å²) in [6, 6.07) is 11.1. The molecule has 0 radical (unpaired) electrons. The number of aromatic amines is 1. The highest BCUT2D eigenvalue weighted by molar-refractivity contribution is 5.89. The van der Waals surface area contributed by atoms with Gasteiger partial charge < -0.3 is 15.0 Å².